The van der Waals surface area contributed by atoms with Crippen LogP contribution in [0.4, 0.5) is 5.69 Å². The van der Waals surface area contributed by atoms with E-state index in [1.165, 1.54) is 16.8 Å². The third-order valence-corrected chi connectivity index (χ3v) is 5.66. The number of aromatic hydroxyl groups is 1. The van der Waals surface area contributed by atoms with Gasteiger partial charge in [0, 0.05) is 25.3 Å². The number of nitrogens with one attached hydrogen (secondary N) is 1. The van der Waals surface area contributed by atoms with E-state index in [1.807, 2.05) is 12.1 Å². The topological polar surface area (TPSA) is 52.6 Å². The highest BCUT2D eigenvalue weighted by Crippen LogP contribution is 2.29. The second kappa shape index (κ2) is 7.40. The largest absolute Gasteiger partial charge is 0.507 e. The summed E-state index contributed by atoms with van der Waals surface area (Å²) in [6.45, 7) is 2.63. The maximum atomic E-state index is 12.6. The standard InChI is InChI=1S/C22H26N2O2/c25-21-13-18-7-5-4-6-17(18)12-20(21)22(26)23-14-16-10-11-24(15-16)19-8-2-1-3-9-19/h1-3,8-9,12-13,16,25H,4-7,10-11,14-15H2,(H,23,26). The third kappa shape index (κ3) is 3.55. The molecule has 136 valence electrons. The van der Waals surface area contributed by atoms with Gasteiger partial charge in [-0.05, 0) is 73.4 Å². The van der Waals surface area contributed by atoms with Gasteiger partial charge in [-0.15, -0.1) is 0 Å². The number of rotatable bonds is 4. The smallest absolute Gasteiger partial charge is 0.255 e. The first kappa shape index (κ1) is 17.0. The molecule has 26 heavy (non-hydrogen) atoms. The van der Waals surface area contributed by atoms with Gasteiger partial charge in [-0.25, -0.2) is 0 Å². The van der Waals surface area contributed by atoms with E-state index in [0.717, 1.165) is 45.2 Å². The minimum absolute atomic E-state index is 0.112. The van der Waals surface area contributed by atoms with Crippen molar-refractivity contribution in [1.29, 1.82) is 0 Å². The molecule has 2 aromatic carbocycles. The number of anilines is 1. The molecule has 2 aromatic rings. The van der Waals surface area contributed by atoms with Crippen LogP contribution in [-0.2, 0) is 12.8 Å². The fourth-order valence-electron chi connectivity index (χ4n) is 4.16. The number of hydrogen-bond donors (Lipinski definition) is 2. The Morgan fingerprint density at radius 2 is 1.85 bits per heavy atom. The van der Waals surface area contributed by atoms with Crippen molar-refractivity contribution in [3.63, 3.8) is 0 Å². The maximum absolute atomic E-state index is 12.6. The van der Waals surface area contributed by atoms with Gasteiger partial charge in [-0.3, -0.25) is 4.79 Å². The van der Waals surface area contributed by atoms with Gasteiger partial charge in [0.1, 0.15) is 5.75 Å². The van der Waals surface area contributed by atoms with Crippen molar-refractivity contribution in [1.82, 2.24) is 5.32 Å². The van der Waals surface area contributed by atoms with Crippen LogP contribution in [0.2, 0.25) is 0 Å². The quantitative estimate of drug-likeness (QED) is 0.887. The lowest BCUT2D eigenvalue weighted by Gasteiger charge is -2.19. The molecule has 0 spiro atoms. The van der Waals surface area contributed by atoms with Crippen LogP contribution < -0.4 is 10.2 Å². The fourth-order valence-corrected chi connectivity index (χ4v) is 4.16. The molecule has 4 rings (SSSR count). The van der Waals surface area contributed by atoms with Gasteiger partial charge >= 0.3 is 0 Å². The number of carbonyl (C=O) groups is 1. The molecule has 0 bridgehead atoms. The van der Waals surface area contributed by atoms with E-state index < -0.39 is 0 Å². The Kier molecular flexibility index (Phi) is 4.83. The average molecular weight is 350 g/mol. The number of phenolic OH excluding ortho intramolecular Hbond substituents is 1. The number of amides is 1. The summed E-state index contributed by atoms with van der Waals surface area (Å²) in [5.41, 5.74) is 4.08. The minimum atomic E-state index is -0.158. The number of para-hydroxylation sites is 1. The number of carbonyl (C=O) groups excluding carboxylic acids is 1. The summed E-state index contributed by atoms with van der Waals surface area (Å²) >= 11 is 0. The molecule has 0 radical (unpaired) electrons. The molecule has 1 amide bonds. The van der Waals surface area contributed by atoms with Crippen LogP contribution in [-0.4, -0.2) is 30.6 Å². The molecule has 1 unspecified atom stereocenters. The first-order valence-electron chi connectivity index (χ1n) is 9.63. The van der Waals surface area contributed by atoms with Crippen molar-refractivity contribution in [2.75, 3.05) is 24.5 Å². The second-order valence-electron chi connectivity index (χ2n) is 7.49. The van der Waals surface area contributed by atoms with Gasteiger partial charge in [-0.1, -0.05) is 18.2 Å². The molecule has 4 nitrogen and oxygen atoms in total. The summed E-state index contributed by atoms with van der Waals surface area (Å²) < 4.78 is 0. The van der Waals surface area contributed by atoms with Crippen molar-refractivity contribution in [3.05, 3.63) is 59.2 Å². The van der Waals surface area contributed by atoms with Crippen LogP contribution in [0.5, 0.6) is 5.75 Å². The number of hydrogen-bond acceptors (Lipinski definition) is 3. The zero-order chi connectivity index (χ0) is 17.9. The number of nitrogens with zero attached hydrogens (tertiary/aromatic N) is 1. The molecule has 2 N–H and O–H groups in total. The lowest BCUT2D eigenvalue weighted by molar-refractivity contribution is 0.0945. The van der Waals surface area contributed by atoms with Gasteiger partial charge in [0.25, 0.3) is 5.91 Å². The predicted octanol–water partition coefficient (Wildman–Crippen LogP) is 3.53. The van der Waals surface area contributed by atoms with Gasteiger partial charge in [-0.2, -0.15) is 0 Å². The van der Waals surface area contributed by atoms with E-state index >= 15 is 0 Å². The summed E-state index contributed by atoms with van der Waals surface area (Å²) in [5.74, 6) is 0.397. The molecular weight excluding hydrogens is 324 g/mol. The van der Waals surface area contributed by atoms with Gasteiger partial charge < -0.3 is 15.3 Å². The first-order chi connectivity index (χ1) is 12.7. The van der Waals surface area contributed by atoms with E-state index in [9.17, 15) is 9.90 Å². The number of benzene rings is 2. The van der Waals surface area contributed by atoms with Crippen LogP contribution in [0.1, 0.15) is 40.7 Å². The highest BCUT2D eigenvalue weighted by molar-refractivity contribution is 5.97. The van der Waals surface area contributed by atoms with Crippen LogP contribution in [0.15, 0.2) is 42.5 Å². The third-order valence-electron chi connectivity index (χ3n) is 5.66. The summed E-state index contributed by atoms with van der Waals surface area (Å²) in [4.78, 5) is 14.9. The van der Waals surface area contributed by atoms with Crippen molar-refractivity contribution < 1.29 is 9.90 Å². The van der Waals surface area contributed by atoms with E-state index in [4.69, 9.17) is 0 Å². The highest BCUT2D eigenvalue weighted by atomic mass is 16.3. The Labute approximate surface area is 154 Å². The average Bonchev–Trinajstić information content (AvgIpc) is 3.15. The number of aryl methyl sites for hydroxylation is 2. The Bertz CT molecular complexity index is 788. The Balaban J connectivity index is 1.36. The molecule has 0 aromatic heterocycles. The van der Waals surface area contributed by atoms with Gasteiger partial charge in [0.05, 0.1) is 5.56 Å². The fraction of sp³-hybridized carbons (Fsp3) is 0.409. The zero-order valence-electron chi connectivity index (χ0n) is 15.1. The lowest BCUT2D eigenvalue weighted by atomic mass is 9.90. The Morgan fingerprint density at radius 3 is 2.62 bits per heavy atom. The summed E-state index contributed by atoms with van der Waals surface area (Å²) in [6, 6.07) is 14.1. The normalized spacial score (nSPS) is 19.2. The SMILES string of the molecule is O=C(NCC1CCN(c2ccccc2)C1)c1cc2c(cc1O)CCCC2. The van der Waals surface area contributed by atoms with Crippen molar-refractivity contribution >= 4 is 11.6 Å². The molecule has 1 aliphatic heterocycles. The van der Waals surface area contributed by atoms with Crippen LogP contribution in [0, 0.1) is 5.92 Å². The number of phenols is 1. The van der Waals surface area contributed by atoms with E-state index in [1.54, 1.807) is 6.07 Å². The van der Waals surface area contributed by atoms with E-state index in [-0.39, 0.29) is 11.7 Å². The minimum Gasteiger partial charge on any atom is -0.507 e. The van der Waals surface area contributed by atoms with E-state index in [2.05, 4.69) is 34.5 Å². The summed E-state index contributed by atoms with van der Waals surface area (Å²) in [5, 5.41) is 13.3. The predicted molar refractivity (Wildman–Crippen MR) is 104 cm³/mol. The molecule has 1 fully saturated rings. The summed E-state index contributed by atoms with van der Waals surface area (Å²) in [7, 11) is 0. The van der Waals surface area contributed by atoms with Crippen LogP contribution in [0.3, 0.4) is 0 Å². The Hall–Kier alpha value is -2.49. The number of fused-ring (bicyclic) bond motifs is 1. The molecule has 4 heteroatoms. The van der Waals surface area contributed by atoms with Crippen molar-refractivity contribution in [2.24, 2.45) is 5.92 Å². The molecule has 1 aliphatic carbocycles. The highest BCUT2D eigenvalue weighted by Gasteiger charge is 2.24. The second-order valence-corrected chi connectivity index (χ2v) is 7.49. The molecular formula is C22H26N2O2. The molecule has 2 aliphatic rings. The maximum Gasteiger partial charge on any atom is 0.255 e. The zero-order valence-corrected chi connectivity index (χ0v) is 15.1. The lowest BCUT2D eigenvalue weighted by Crippen LogP contribution is -2.31. The molecule has 0 saturated carbocycles. The molecule has 1 saturated heterocycles. The van der Waals surface area contributed by atoms with Crippen molar-refractivity contribution in [3.8, 4) is 5.75 Å². The molecule has 1 atom stereocenters. The van der Waals surface area contributed by atoms with Gasteiger partial charge in [0.2, 0.25) is 0 Å². The van der Waals surface area contributed by atoms with Crippen LogP contribution in [0.25, 0.3) is 0 Å². The monoisotopic (exact) mass is 350 g/mol. The van der Waals surface area contributed by atoms with Gasteiger partial charge in [0.15, 0.2) is 0 Å². The van der Waals surface area contributed by atoms with Crippen LogP contribution >= 0.6 is 0 Å². The Morgan fingerprint density at radius 1 is 1.12 bits per heavy atom. The van der Waals surface area contributed by atoms with Crippen molar-refractivity contribution in [2.45, 2.75) is 32.1 Å². The first-order valence-corrected chi connectivity index (χ1v) is 9.63. The molecule has 1 heterocycles. The summed E-state index contributed by atoms with van der Waals surface area (Å²) in [6.07, 6.45) is 5.41. The van der Waals surface area contributed by atoms with E-state index in [0.29, 0.717) is 18.0 Å².